The van der Waals surface area contributed by atoms with Crippen LogP contribution in [0.1, 0.15) is 29.7 Å². The van der Waals surface area contributed by atoms with Crippen LogP contribution in [0.25, 0.3) is 17.0 Å². The second-order valence-electron chi connectivity index (χ2n) is 10.2. The Morgan fingerprint density at radius 3 is 2.50 bits per heavy atom. The van der Waals surface area contributed by atoms with Gasteiger partial charge in [0.1, 0.15) is 0 Å². The molecule has 1 amide bonds. The van der Waals surface area contributed by atoms with Crippen LogP contribution >= 0.6 is 11.3 Å². The molecular formula is C33H30N4O4S. The summed E-state index contributed by atoms with van der Waals surface area (Å²) < 4.78 is 15.2. The van der Waals surface area contributed by atoms with E-state index >= 15 is 0 Å². The number of nitrogens with one attached hydrogen (secondary N) is 1. The van der Waals surface area contributed by atoms with Crippen LogP contribution in [0.4, 0.5) is 5.69 Å². The molecule has 42 heavy (non-hydrogen) atoms. The number of para-hydroxylation sites is 2. The van der Waals surface area contributed by atoms with E-state index < -0.39 is 6.04 Å². The van der Waals surface area contributed by atoms with Gasteiger partial charge in [0.2, 0.25) is 0 Å². The number of ether oxygens (including phenoxy) is 2. The van der Waals surface area contributed by atoms with Crippen LogP contribution in [0.2, 0.25) is 0 Å². The zero-order chi connectivity index (χ0) is 29.5. The lowest BCUT2D eigenvalue weighted by molar-refractivity contribution is -0.113. The van der Waals surface area contributed by atoms with Crippen molar-refractivity contribution in [2.24, 2.45) is 12.0 Å². The van der Waals surface area contributed by atoms with Gasteiger partial charge in [0, 0.05) is 35.4 Å². The lowest BCUT2D eigenvalue weighted by atomic mass is 9.94. The maximum absolute atomic E-state index is 14.2. The minimum absolute atomic E-state index is 0.222. The Labute approximate surface area is 246 Å². The van der Waals surface area contributed by atoms with Crippen LogP contribution in [0.5, 0.6) is 11.5 Å². The highest BCUT2D eigenvalue weighted by molar-refractivity contribution is 7.07. The number of hydrogen-bond acceptors (Lipinski definition) is 6. The van der Waals surface area contributed by atoms with Crippen LogP contribution in [0.15, 0.2) is 94.0 Å². The van der Waals surface area contributed by atoms with Crippen LogP contribution in [0.3, 0.4) is 0 Å². The van der Waals surface area contributed by atoms with E-state index in [0.717, 1.165) is 22.0 Å². The van der Waals surface area contributed by atoms with Gasteiger partial charge in [-0.05, 0) is 55.3 Å². The van der Waals surface area contributed by atoms with Gasteiger partial charge in [-0.2, -0.15) is 0 Å². The molecule has 6 rings (SSSR count). The van der Waals surface area contributed by atoms with E-state index in [2.05, 4.69) is 5.32 Å². The highest BCUT2D eigenvalue weighted by Gasteiger charge is 2.33. The van der Waals surface area contributed by atoms with E-state index in [1.54, 1.807) is 24.9 Å². The van der Waals surface area contributed by atoms with Gasteiger partial charge in [-0.3, -0.25) is 14.2 Å². The first-order chi connectivity index (χ1) is 20.3. The quantitative estimate of drug-likeness (QED) is 0.317. The number of allylic oxidation sites excluding steroid dienone is 1. The molecule has 1 atom stereocenters. The number of aryl methyl sites for hydroxylation is 2. The van der Waals surface area contributed by atoms with Crippen LogP contribution in [-0.2, 0) is 11.8 Å². The molecule has 212 valence electrons. The summed E-state index contributed by atoms with van der Waals surface area (Å²) in [5.41, 5.74) is 5.05. The standard InChI is InChI=1S/C33H30N4O4S/c1-19-10-6-8-12-24(19)35-31(38)29-20(2)34-33-37(30(29)21-14-15-26(40-4)27(16-21)41-5)32(39)28(42-33)17-22-18-36(3)25-13-9-7-11-23(22)25/h6-18,30H,1-5H3,(H,35,38)/b28-17-/t30-/m1/s1. The summed E-state index contributed by atoms with van der Waals surface area (Å²) in [7, 11) is 5.12. The smallest absolute Gasteiger partial charge is 0.271 e. The number of rotatable bonds is 6. The van der Waals surface area contributed by atoms with Crippen LogP contribution in [0, 0.1) is 6.92 Å². The van der Waals surface area contributed by atoms with E-state index in [4.69, 9.17) is 14.5 Å². The number of hydrogen-bond donors (Lipinski definition) is 1. The van der Waals surface area contributed by atoms with Gasteiger partial charge < -0.3 is 19.4 Å². The van der Waals surface area contributed by atoms with Crippen molar-refractivity contribution in [3.8, 4) is 11.5 Å². The van der Waals surface area contributed by atoms with Gasteiger partial charge in [0.05, 0.1) is 36.1 Å². The number of amides is 1. The largest absolute Gasteiger partial charge is 0.493 e. The molecule has 3 heterocycles. The molecule has 9 heteroatoms. The van der Waals surface area contributed by atoms with Crippen molar-refractivity contribution in [2.45, 2.75) is 19.9 Å². The van der Waals surface area contributed by atoms with Gasteiger partial charge >= 0.3 is 0 Å². The zero-order valence-corrected chi connectivity index (χ0v) is 24.8. The fourth-order valence-electron chi connectivity index (χ4n) is 5.48. The van der Waals surface area contributed by atoms with E-state index in [0.29, 0.717) is 43.4 Å². The predicted octanol–water partition coefficient (Wildman–Crippen LogP) is 4.69. The predicted molar refractivity (Wildman–Crippen MR) is 166 cm³/mol. The highest BCUT2D eigenvalue weighted by Crippen LogP contribution is 2.36. The minimum atomic E-state index is -0.736. The maximum atomic E-state index is 14.2. The molecule has 1 N–H and O–H groups in total. The number of nitrogens with zero attached hydrogens (tertiary/aromatic N) is 3. The number of methoxy groups -OCH3 is 2. The van der Waals surface area contributed by atoms with Crippen molar-refractivity contribution in [1.82, 2.24) is 9.13 Å². The SMILES string of the molecule is COc1ccc([C@@H]2C(C(=O)Nc3ccccc3C)=C(C)N=c3s/c(=C\c4cn(C)c5ccccc45)c(=O)n32)cc1OC. The minimum Gasteiger partial charge on any atom is -0.493 e. The highest BCUT2D eigenvalue weighted by atomic mass is 32.1. The van der Waals surface area contributed by atoms with E-state index in [1.807, 2.05) is 98.4 Å². The molecular weight excluding hydrogens is 548 g/mol. The van der Waals surface area contributed by atoms with Crippen molar-refractivity contribution in [2.75, 3.05) is 19.5 Å². The van der Waals surface area contributed by atoms with Gasteiger partial charge in [-0.25, -0.2) is 4.99 Å². The van der Waals surface area contributed by atoms with Crippen molar-refractivity contribution < 1.29 is 14.3 Å². The summed E-state index contributed by atoms with van der Waals surface area (Å²) in [5, 5.41) is 4.10. The Bertz CT molecular complexity index is 2080. The van der Waals surface area contributed by atoms with Gasteiger partial charge in [-0.1, -0.05) is 53.8 Å². The average Bonchev–Trinajstić information content (AvgIpc) is 3.48. The first-order valence-electron chi connectivity index (χ1n) is 13.5. The molecule has 0 saturated carbocycles. The Balaban J connectivity index is 1.55. The number of carbonyl (C=O) groups is 1. The molecule has 0 radical (unpaired) electrons. The number of carbonyl (C=O) groups excluding carboxylic acids is 1. The second-order valence-corrected chi connectivity index (χ2v) is 11.2. The first kappa shape index (κ1) is 27.3. The Kier molecular flexibility index (Phi) is 7.04. The van der Waals surface area contributed by atoms with Crippen LogP contribution < -0.4 is 29.7 Å². The summed E-state index contributed by atoms with van der Waals surface area (Å²) in [6, 6.07) is 20.4. The van der Waals surface area contributed by atoms with E-state index in [1.165, 1.54) is 11.3 Å². The average molecular weight is 579 g/mol. The third-order valence-corrected chi connectivity index (χ3v) is 8.58. The van der Waals surface area contributed by atoms with Gasteiger partial charge in [-0.15, -0.1) is 0 Å². The molecule has 1 aliphatic rings. The third kappa shape index (κ3) is 4.61. The second kappa shape index (κ2) is 10.8. The number of fused-ring (bicyclic) bond motifs is 2. The normalized spacial score (nSPS) is 15.0. The molecule has 0 aliphatic carbocycles. The van der Waals surface area contributed by atoms with Crippen molar-refractivity contribution in [1.29, 1.82) is 0 Å². The summed E-state index contributed by atoms with van der Waals surface area (Å²) in [4.78, 5) is 33.4. The van der Waals surface area contributed by atoms with E-state index in [-0.39, 0.29) is 11.5 Å². The number of aromatic nitrogens is 2. The van der Waals surface area contributed by atoms with E-state index in [9.17, 15) is 9.59 Å². The summed E-state index contributed by atoms with van der Waals surface area (Å²) >= 11 is 1.31. The van der Waals surface area contributed by atoms with Crippen molar-refractivity contribution >= 4 is 39.9 Å². The summed E-state index contributed by atoms with van der Waals surface area (Å²) in [5.74, 6) is 0.728. The topological polar surface area (TPSA) is 86.9 Å². The molecule has 0 bridgehead atoms. The molecule has 5 aromatic rings. The van der Waals surface area contributed by atoms with Crippen LogP contribution in [-0.4, -0.2) is 29.3 Å². The molecule has 0 unspecified atom stereocenters. The zero-order valence-electron chi connectivity index (χ0n) is 24.0. The molecule has 0 spiro atoms. The fraction of sp³-hybridized carbons (Fsp3) is 0.182. The molecule has 3 aromatic carbocycles. The Morgan fingerprint density at radius 2 is 1.74 bits per heavy atom. The summed E-state index contributed by atoms with van der Waals surface area (Å²) in [6.45, 7) is 3.74. The number of benzene rings is 3. The monoisotopic (exact) mass is 578 g/mol. The molecule has 2 aromatic heterocycles. The first-order valence-corrected chi connectivity index (χ1v) is 14.3. The summed E-state index contributed by atoms with van der Waals surface area (Å²) in [6.07, 6.45) is 3.92. The molecule has 0 saturated heterocycles. The van der Waals surface area contributed by atoms with Gasteiger partial charge in [0.25, 0.3) is 11.5 Å². The van der Waals surface area contributed by atoms with Crippen molar-refractivity contribution in [3.05, 3.63) is 121 Å². The lowest BCUT2D eigenvalue weighted by Crippen LogP contribution is -2.40. The number of anilines is 1. The number of thiazole rings is 1. The molecule has 1 aliphatic heterocycles. The fourth-order valence-corrected chi connectivity index (χ4v) is 6.52. The Hall–Kier alpha value is -4.89. The third-order valence-electron chi connectivity index (χ3n) is 7.60. The molecule has 0 fully saturated rings. The molecule has 8 nitrogen and oxygen atoms in total. The van der Waals surface area contributed by atoms with Crippen molar-refractivity contribution in [3.63, 3.8) is 0 Å². The Morgan fingerprint density at radius 1 is 1.00 bits per heavy atom. The lowest BCUT2D eigenvalue weighted by Gasteiger charge is -2.26. The maximum Gasteiger partial charge on any atom is 0.271 e. The van der Waals surface area contributed by atoms with Gasteiger partial charge in [0.15, 0.2) is 16.3 Å².